The van der Waals surface area contributed by atoms with E-state index < -0.39 is 50.4 Å². The fourth-order valence-electron chi connectivity index (χ4n) is 4.34. The molecule has 1 N–H and O–H groups in total. The average molecular weight is 527 g/mol. The van der Waals surface area contributed by atoms with Crippen molar-refractivity contribution < 1.29 is 27.2 Å². The molecule has 0 radical (unpaired) electrons. The molecule has 3 aromatic rings. The normalized spacial score (nSPS) is 16.3. The van der Waals surface area contributed by atoms with Crippen LogP contribution in [0.15, 0.2) is 53.1 Å². The largest absolute Gasteiger partial charge is 0.432 e. The third-order valence-electron chi connectivity index (χ3n) is 6.72. The van der Waals surface area contributed by atoms with Gasteiger partial charge < -0.3 is 14.6 Å². The zero-order chi connectivity index (χ0) is 26.6. The predicted molar refractivity (Wildman–Crippen MR) is 136 cm³/mol. The van der Waals surface area contributed by atoms with E-state index in [1.807, 2.05) is 0 Å². The standard InChI is InChI=1S/C26H30N4O6S/c1-3-19(22(32)24-29-23-20(36-24)12-9-13-27-23)28-25(33)26(2,16-21(31)30-14-7-8-15-30)37(34,35)17-18-10-5-4-6-11-18/h4-6,9-13,19H,3,7-8,14-17H2,1-2H3,(H,28,33). The Morgan fingerprint density at radius 2 is 1.81 bits per heavy atom. The second-order valence-electron chi connectivity index (χ2n) is 9.38. The van der Waals surface area contributed by atoms with E-state index in [1.54, 1.807) is 54.3 Å². The average Bonchev–Trinajstić information content (AvgIpc) is 3.57. The molecule has 2 amide bonds. The summed E-state index contributed by atoms with van der Waals surface area (Å²) in [6.07, 6.45) is 2.81. The van der Waals surface area contributed by atoms with Gasteiger partial charge in [0.05, 0.1) is 18.2 Å². The molecule has 3 heterocycles. The molecule has 0 aliphatic carbocycles. The molecule has 10 nitrogen and oxygen atoms in total. The van der Waals surface area contributed by atoms with E-state index in [0.29, 0.717) is 24.2 Å². The number of fused-ring (bicyclic) bond motifs is 1. The molecule has 2 aromatic heterocycles. The van der Waals surface area contributed by atoms with Crippen molar-refractivity contribution in [2.24, 2.45) is 0 Å². The summed E-state index contributed by atoms with van der Waals surface area (Å²) in [4.78, 5) is 49.6. The summed E-state index contributed by atoms with van der Waals surface area (Å²) in [5.74, 6) is -2.58. The SMILES string of the molecule is CCC(NC(=O)C(C)(CC(=O)N1CCCC1)S(=O)(=O)Cc1ccccc1)C(=O)c1nc2ncccc2o1. The number of sulfone groups is 1. The number of pyridine rings is 1. The molecule has 37 heavy (non-hydrogen) atoms. The van der Waals surface area contributed by atoms with E-state index in [1.165, 1.54) is 13.1 Å². The highest BCUT2D eigenvalue weighted by molar-refractivity contribution is 7.92. The third-order valence-corrected chi connectivity index (χ3v) is 9.14. The number of hydrogen-bond donors (Lipinski definition) is 1. The second-order valence-corrected chi connectivity index (χ2v) is 11.8. The number of amides is 2. The van der Waals surface area contributed by atoms with Crippen molar-refractivity contribution in [2.45, 2.75) is 56.1 Å². The fraction of sp³-hybridized carbons (Fsp3) is 0.423. The van der Waals surface area contributed by atoms with E-state index in [0.717, 1.165) is 12.8 Å². The molecule has 0 spiro atoms. The Labute approximate surface area is 215 Å². The highest BCUT2D eigenvalue weighted by Gasteiger charge is 2.49. The number of benzene rings is 1. The maximum atomic E-state index is 13.7. The predicted octanol–water partition coefficient (Wildman–Crippen LogP) is 2.69. The lowest BCUT2D eigenvalue weighted by Crippen LogP contribution is -2.56. The Balaban J connectivity index is 1.62. The molecule has 1 aliphatic rings. The first kappa shape index (κ1) is 26.5. The number of nitrogens with zero attached hydrogens (tertiary/aromatic N) is 3. The number of oxazole rings is 1. The molecule has 4 rings (SSSR count). The van der Waals surface area contributed by atoms with Gasteiger partial charge in [-0.25, -0.2) is 13.4 Å². The van der Waals surface area contributed by atoms with Crippen molar-refractivity contribution in [2.75, 3.05) is 13.1 Å². The van der Waals surface area contributed by atoms with Crippen LogP contribution >= 0.6 is 0 Å². The molecule has 1 aromatic carbocycles. The zero-order valence-corrected chi connectivity index (χ0v) is 21.7. The molecule has 196 valence electrons. The number of carbonyl (C=O) groups is 3. The van der Waals surface area contributed by atoms with Crippen LogP contribution in [0.25, 0.3) is 11.2 Å². The number of ketones is 1. The van der Waals surface area contributed by atoms with Gasteiger partial charge in [0.15, 0.2) is 25.8 Å². The van der Waals surface area contributed by atoms with Crippen LogP contribution in [0.5, 0.6) is 0 Å². The summed E-state index contributed by atoms with van der Waals surface area (Å²) in [7, 11) is -4.18. The van der Waals surface area contributed by atoms with Crippen molar-refractivity contribution in [3.05, 3.63) is 60.1 Å². The Hall–Kier alpha value is -3.60. The Morgan fingerprint density at radius 3 is 2.46 bits per heavy atom. The lowest BCUT2D eigenvalue weighted by Gasteiger charge is -2.31. The van der Waals surface area contributed by atoms with E-state index in [-0.39, 0.29) is 18.0 Å². The minimum atomic E-state index is -4.18. The molecule has 11 heteroatoms. The van der Waals surface area contributed by atoms with E-state index in [4.69, 9.17) is 4.42 Å². The van der Waals surface area contributed by atoms with Gasteiger partial charge in [-0.2, -0.15) is 4.98 Å². The first-order chi connectivity index (χ1) is 17.6. The summed E-state index contributed by atoms with van der Waals surface area (Å²) in [5.41, 5.74) is 1.06. The highest BCUT2D eigenvalue weighted by atomic mass is 32.2. The van der Waals surface area contributed by atoms with Gasteiger partial charge >= 0.3 is 0 Å². The fourth-order valence-corrected chi connectivity index (χ4v) is 5.97. The molecular formula is C26H30N4O6S. The molecule has 2 atom stereocenters. The van der Waals surface area contributed by atoms with Crippen molar-refractivity contribution >= 4 is 38.7 Å². The molecule has 1 saturated heterocycles. The summed E-state index contributed by atoms with van der Waals surface area (Å²) in [6.45, 7) is 3.98. The van der Waals surface area contributed by atoms with Crippen LogP contribution in [0.4, 0.5) is 0 Å². The molecule has 1 aliphatic heterocycles. The van der Waals surface area contributed by atoms with Gasteiger partial charge in [-0.05, 0) is 43.9 Å². The van der Waals surface area contributed by atoms with Crippen LogP contribution in [-0.4, -0.2) is 64.8 Å². The maximum Gasteiger partial charge on any atom is 0.268 e. The van der Waals surface area contributed by atoms with Crippen molar-refractivity contribution in [1.29, 1.82) is 0 Å². The highest BCUT2D eigenvalue weighted by Crippen LogP contribution is 2.29. The van der Waals surface area contributed by atoms with E-state index in [9.17, 15) is 22.8 Å². The molecule has 2 unspecified atom stereocenters. The summed E-state index contributed by atoms with van der Waals surface area (Å²) >= 11 is 0. The van der Waals surface area contributed by atoms with Gasteiger partial charge in [0.25, 0.3) is 5.89 Å². The number of hydrogen-bond acceptors (Lipinski definition) is 8. The Bertz CT molecular complexity index is 1370. The first-order valence-electron chi connectivity index (χ1n) is 12.3. The van der Waals surface area contributed by atoms with Crippen molar-refractivity contribution in [3.8, 4) is 0 Å². The third kappa shape index (κ3) is 5.56. The van der Waals surface area contributed by atoms with Crippen LogP contribution in [-0.2, 0) is 25.2 Å². The van der Waals surface area contributed by atoms with Gasteiger partial charge in [-0.15, -0.1) is 0 Å². The smallest absolute Gasteiger partial charge is 0.268 e. The van der Waals surface area contributed by atoms with Crippen LogP contribution in [0.1, 0.15) is 55.8 Å². The van der Waals surface area contributed by atoms with E-state index in [2.05, 4.69) is 15.3 Å². The van der Waals surface area contributed by atoms with Gasteiger partial charge in [0, 0.05) is 19.3 Å². The minimum absolute atomic E-state index is 0.158. The molecular weight excluding hydrogens is 496 g/mol. The van der Waals surface area contributed by atoms with Gasteiger partial charge in [0.1, 0.15) is 0 Å². The molecule has 0 saturated carbocycles. The van der Waals surface area contributed by atoms with Crippen LogP contribution < -0.4 is 5.32 Å². The van der Waals surface area contributed by atoms with Crippen molar-refractivity contribution in [3.63, 3.8) is 0 Å². The summed E-state index contributed by atoms with van der Waals surface area (Å²) in [6, 6.07) is 10.6. The van der Waals surface area contributed by atoms with E-state index >= 15 is 0 Å². The van der Waals surface area contributed by atoms with Crippen LogP contribution in [0.2, 0.25) is 0 Å². The minimum Gasteiger partial charge on any atom is -0.432 e. The second kappa shape index (κ2) is 10.8. The number of likely N-dealkylation sites (tertiary alicyclic amines) is 1. The number of rotatable bonds is 10. The monoisotopic (exact) mass is 526 g/mol. The Kier molecular flexibility index (Phi) is 7.72. The number of nitrogens with one attached hydrogen (secondary N) is 1. The Morgan fingerprint density at radius 1 is 1.11 bits per heavy atom. The van der Waals surface area contributed by atoms with Crippen LogP contribution in [0, 0.1) is 0 Å². The van der Waals surface area contributed by atoms with Gasteiger partial charge in [-0.1, -0.05) is 37.3 Å². The summed E-state index contributed by atoms with van der Waals surface area (Å²) in [5, 5.41) is 2.58. The van der Waals surface area contributed by atoms with Gasteiger partial charge in [0.2, 0.25) is 17.6 Å². The van der Waals surface area contributed by atoms with Crippen molar-refractivity contribution in [1.82, 2.24) is 20.2 Å². The maximum absolute atomic E-state index is 13.7. The quantitative estimate of drug-likeness (QED) is 0.398. The zero-order valence-electron chi connectivity index (χ0n) is 20.8. The molecule has 1 fully saturated rings. The number of carbonyl (C=O) groups excluding carboxylic acids is 3. The first-order valence-corrected chi connectivity index (χ1v) is 13.9. The van der Waals surface area contributed by atoms with Gasteiger partial charge in [-0.3, -0.25) is 14.4 Å². The lowest BCUT2D eigenvalue weighted by molar-refractivity contribution is -0.134. The summed E-state index contributed by atoms with van der Waals surface area (Å²) < 4.78 is 30.8. The number of aromatic nitrogens is 2. The number of Topliss-reactive ketones (excluding diaryl/α,β-unsaturated/α-hetero) is 1. The topological polar surface area (TPSA) is 140 Å². The lowest BCUT2D eigenvalue weighted by atomic mass is 10.0. The molecule has 0 bridgehead atoms. The van der Waals surface area contributed by atoms with Crippen LogP contribution in [0.3, 0.4) is 0 Å².